The third-order valence-corrected chi connectivity index (χ3v) is 6.00. The summed E-state index contributed by atoms with van der Waals surface area (Å²) in [6.45, 7) is 3.69. The van der Waals surface area contributed by atoms with E-state index in [1.807, 2.05) is 17.9 Å². The molecule has 9 nitrogen and oxygen atoms in total. The van der Waals surface area contributed by atoms with Gasteiger partial charge in [0.15, 0.2) is 5.82 Å². The number of amides is 2. The molecule has 28 heavy (non-hydrogen) atoms. The van der Waals surface area contributed by atoms with Crippen molar-refractivity contribution in [2.45, 2.75) is 31.8 Å². The summed E-state index contributed by atoms with van der Waals surface area (Å²) in [5.74, 6) is 1.18. The maximum Gasteiger partial charge on any atom is 0.324 e. The van der Waals surface area contributed by atoms with Gasteiger partial charge in [-0.05, 0) is 25.2 Å². The van der Waals surface area contributed by atoms with Crippen LogP contribution in [0.2, 0.25) is 0 Å². The fraction of sp³-hybridized carbons (Fsp3) is 0.579. The highest BCUT2D eigenvalue weighted by atomic mass is 16.2. The van der Waals surface area contributed by atoms with Crippen molar-refractivity contribution in [1.29, 1.82) is 0 Å². The predicted octanol–water partition coefficient (Wildman–Crippen LogP) is 1.17. The van der Waals surface area contributed by atoms with E-state index in [0.29, 0.717) is 24.8 Å². The van der Waals surface area contributed by atoms with E-state index >= 15 is 0 Å². The quantitative estimate of drug-likeness (QED) is 0.774. The van der Waals surface area contributed by atoms with Gasteiger partial charge in [0.05, 0.1) is 17.9 Å². The maximum absolute atomic E-state index is 12.8. The van der Waals surface area contributed by atoms with E-state index in [1.54, 1.807) is 33.0 Å². The van der Waals surface area contributed by atoms with Crippen molar-refractivity contribution in [3.05, 3.63) is 35.1 Å². The number of likely N-dealkylation sites (N-methyl/N-ethyl adjacent to an activating group) is 1. The van der Waals surface area contributed by atoms with E-state index in [0.717, 1.165) is 31.7 Å². The fourth-order valence-corrected chi connectivity index (χ4v) is 4.08. The summed E-state index contributed by atoms with van der Waals surface area (Å²) in [6.07, 6.45) is 10.5. The van der Waals surface area contributed by atoms with Crippen LogP contribution in [-0.2, 0) is 6.54 Å². The first-order valence-corrected chi connectivity index (χ1v) is 9.97. The molecule has 0 N–H and O–H groups in total. The molecule has 0 spiro atoms. The van der Waals surface area contributed by atoms with Crippen LogP contribution >= 0.6 is 0 Å². The number of hydrogen-bond donors (Lipinski definition) is 0. The molecule has 1 atom stereocenters. The van der Waals surface area contributed by atoms with Crippen LogP contribution in [0.25, 0.3) is 0 Å². The van der Waals surface area contributed by atoms with Crippen LogP contribution in [0.3, 0.4) is 0 Å². The molecular formula is C19H25N7O2. The van der Waals surface area contributed by atoms with E-state index < -0.39 is 0 Å². The zero-order valence-corrected chi connectivity index (χ0v) is 16.1. The Balaban J connectivity index is 1.30. The van der Waals surface area contributed by atoms with Gasteiger partial charge in [-0.1, -0.05) is 0 Å². The monoisotopic (exact) mass is 383 g/mol. The average molecular weight is 383 g/mol. The van der Waals surface area contributed by atoms with Crippen molar-refractivity contribution in [3.8, 4) is 0 Å². The van der Waals surface area contributed by atoms with Gasteiger partial charge in [-0.25, -0.2) is 9.78 Å². The summed E-state index contributed by atoms with van der Waals surface area (Å²) in [4.78, 5) is 34.9. The Morgan fingerprint density at radius 3 is 2.75 bits per heavy atom. The molecule has 2 saturated heterocycles. The second kappa shape index (κ2) is 6.65. The molecule has 0 aromatic carbocycles. The Labute approximate surface area is 163 Å². The number of hydrogen-bond acceptors (Lipinski definition) is 5. The van der Waals surface area contributed by atoms with E-state index in [-0.39, 0.29) is 17.6 Å². The van der Waals surface area contributed by atoms with Crippen LogP contribution < -0.4 is 15.4 Å². The van der Waals surface area contributed by atoms with Crippen LogP contribution in [0, 0.1) is 5.92 Å². The van der Waals surface area contributed by atoms with Crippen LogP contribution in [0.1, 0.15) is 25.3 Å². The van der Waals surface area contributed by atoms with Crippen LogP contribution in [0.15, 0.2) is 29.6 Å². The Kier molecular flexibility index (Phi) is 4.10. The predicted molar refractivity (Wildman–Crippen MR) is 105 cm³/mol. The van der Waals surface area contributed by atoms with Gasteiger partial charge < -0.3 is 14.4 Å². The normalized spacial score (nSPS) is 22.5. The third kappa shape index (κ3) is 3.04. The number of urea groups is 1. The number of anilines is 2. The molecule has 5 rings (SSSR count). The molecule has 1 saturated carbocycles. The molecule has 3 aliphatic rings. The lowest BCUT2D eigenvalue weighted by Crippen LogP contribution is -2.32. The van der Waals surface area contributed by atoms with E-state index in [2.05, 4.69) is 15.0 Å². The van der Waals surface area contributed by atoms with Gasteiger partial charge in [0, 0.05) is 58.4 Å². The lowest BCUT2D eigenvalue weighted by Gasteiger charge is -2.18. The minimum atomic E-state index is 0.00176. The van der Waals surface area contributed by atoms with Crippen molar-refractivity contribution in [1.82, 2.24) is 24.2 Å². The number of aromatic nitrogens is 4. The average Bonchev–Trinajstić information content (AvgIpc) is 3.08. The maximum atomic E-state index is 12.8. The van der Waals surface area contributed by atoms with Crippen LogP contribution in [0.5, 0.6) is 0 Å². The largest absolute Gasteiger partial charge is 0.350 e. The number of carbonyl (C=O) groups is 1. The van der Waals surface area contributed by atoms with Crippen LogP contribution in [0.4, 0.5) is 16.3 Å². The highest BCUT2D eigenvalue weighted by Gasteiger charge is 2.31. The molecule has 2 aromatic heterocycles. The molecule has 0 bridgehead atoms. The van der Waals surface area contributed by atoms with Crippen molar-refractivity contribution >= 4 is 17.5 Å². The molecule has 9 heteroatoms. The van der Waals surface area contributed by atoms with Crippen molar-refractivity contribution in [3.63, 3.8) is 0 Å². The fourth-order valence-electron chi connectivity index (χ4n) is 4.08. The lowest BCUT2D eigenvalue weighted by molar-refractivity contribution is 0.229. The SMILES string of the molecule is CN1CCN(c2cnn(C3CCN(c4nccn(CC5CC5)c4=O)C3)c2)C1=O. The van der Waals surface area contributed by atoms with Crippen molar-refractivity contribution < 1.29 is 4.79 Å². The molecule has 1 unspecified atom stereocenters. The van der Waals surface area contributed by atoms with Gasteiger partial charge in [-0.2, -0.15) is 5.10 Å². The Morgan fingerprint density at radius 2 is 2.00 bits per heavy atom. The summed E-state index contributed by atoms with van der Waals surface area (Å²) >= 11 is 0. The zero-order valence-electron chi connectivity index (χ0n) is 16.1. The first-order valence-electron chi connectivity index (χ1n) is 9.97. The van der Waals surface area contributed by atoms with Crippen molar-refractivity contribution in [2.75, 3.05) is 43.0 Å². The Morgan fingerprint density at radius 1 is 1.14 bits per heavy atom. The summed E-state index contributed by atoms with van der Waals surface area (Å²) in [5, 5.41) is 4.49. The number of rotatable bonds is 5. The zero-order chi connectivity index (χ0) is 19.3. The minimum Gasteiger partial charge on any atom is -0.350 e. The van der Waals surface area contributed by atoms with E-state index in [9.17, 15) is 9.59 Å². The topological polar surface area (TPSA) is 79.5 Å². The van der Waals surface area contributed by atoms with Gasteiger partial charge in [-0.15, -0.1) is 0 Å². The number of nitrogens with zero attached hydrogens (tertiary/aromatic N) is 7. The smallest absolute Gasteiger partial charge is 0.324 e. The Bertz CT molecular complexity index is 948. The molecule has 148 valence electrons. The third-order valence-electron chi connectivity index (χ3n) is 6.00. The van der Waals surface area contributed by atoms with Gasteiger partial charge in [-0.3, -0.25) is 14.4 Å². The van der Waals surface area contributed by atoms with Gasteiger partial charge in [0.1, 0.15) is 0 Å². The summed E-state index contributed by atoms with van der Waals surface area (Å²) in [5.41, 5.74) is 0.833. The molecule has 0 radical (unpaired) electrons. The van der Waals surface area contributed by atoms with Gasteiger partial charge in [0.2, 0.25) is 0 Å². The summed E-state index contributed by atoms with van der Waals surface area (Å²) < 4.78 is 3.72. The molecule has 2 aromatic rings. The minimum absolute atomic E-state index is 0.00176. The molecule has 2 amide bonds. The number of carbonyl (C=O) groups excluding carboxylic acids is 1. The van der Waals surface area contributed by atoms with Crippen LogP contribution in [-0.4, -0.2) is 63.5 Å². The standard InChI is InChI=1S/C19H25N7O2/c1-22-8-9-25(19(22)28)16-10-21-26(13-16)15-4-6-23(12-15)17-18(27)24(7-5-20-17)11-14-2-3-14/h5,7,10,13-15H,2-4,6,8-9,11-12H2,1H3. The molecular weight excluding hydrogens is 358 g/mol. The second-order valence-electron chi connectivity index (χ2n) is 8.07. The van der Waals surface area contributed by atoms with Gasteiger partial charge in [0.25, 0.3) is 5.56 Å². The molecule has 3 fully saturated rings. The molecule has 2 aliphatic heterocycles. The first-order chi connectivity index (χ1) is 13.6. The molecule has 4 heterocycles. The lowest BCUT2D eigenvalue weighted by atomic mass is 10.3. The van der Waals surface area contributed by atoms with E-state index in [1.165, 1.54) is 12.8 Å². The first kappa shape index (κ1) is 17.3. The second-order valence-corrected chi connectivity index (χ2v) is 8.07. The highest BCUT2D eigenvalue weighted by Crippen LogP contribution is 2.30. The summed E-state index contributed by atoms with van der Waals surface area (Å²) in [7, 11) is 1.81. The molecule has 1 aliphatic carbocycles. The van der Waals surface area contributed by atoms with Crippen molar-refractivity contribution in [2.24, 2.45) is 5.92 Å². The Hall–Kier alpha value is -2.84. The van der Waals surface area contributed by atoms with E-state index in [4.69, 9.17) is 0 Å². The summed E-state index contributed by atoms with van der Waals surface area (Å²) in [6, 6.07) is 0.180. The van der Waals surface area contributed by atoms with Gasteiger partial charge >= 0.3 is 6.03 Å². The highest BCUT2D eigenvalue weighted by molar-refractivity contribution is 5.93.